The van der Waals surface area contributed by atoms with Crippen molar-refractivity contribution in [2.24, 2.45) is 0 Å². The second-order valence-corrected chi connectivity index (χ2v) is 5.58. The Morgan fingerprint density at radius 3 is 2.79 bits per heavy atom. The highest BCUT2D eigenvalue weighted by molar-refractivity contribution is 7.09. The first kappa shape index (κ1) is 14.7. The van der Waals surface area contributed by atoms with E-state index in [9.17, 15) is 0 Å². The molecule has 0 bridgehead atoms. The van der Waals surface area contributed by atoms with Gasteiger partial charge in [-0.05, 0) is 19.8 Å². The van der Waals surface area contributed by atoms with Gasteiger partial charge in [-0.15, -0.1) is 0 Å². The van der Waals surface area contributed by atoms with Crippen molar-refractivity contribution in [1.29, 1.82) is 0 Å². The molecule has 1 N–H and O–H groups in total. The quantitative estimate of drug-likeness (QED) is 0.781. The maximum absolute atomic E-state index is 6.02. The summed E-state index contributed by atoms with van der Waals surface area (Å²) >= 11 is 1.41. The van der Waals surface area contributed by atoms with Gasteiger partial charge in [0.1, 0.15) is 5.60 Å². The van der Waals surface area contributed by atoms with E-state index in [1.807, 2.05) is 6.92 Å². The maximum atomic E-state index is 6.02. The normalized spacial score (nSPS) is 18.4. The highest BCUT2D eigenvalue weighted by Gasteiger charge is 2.38. The van der Waals surface area contributed by atoms with Crippen LogP contribution in [0.2, 0.25) is 0 Å². The average molecular weight is 285 g/mol. The molecule has 1 fully saturated rings. The van der Waals surface area contributed by atoms with Crippen LogP contribution in [0.15, 0.2) is 0 Å². The molecule has 0 unspecified atom stereocenters. The molecule has 1 aromatic rings. The lowest BCUT2D eigenvalue weighted by molar-refractivity contribution is -0.0758. The lowest BCUT2D eigenvalue weighted by atomic mass is 9.84. The number of nitrogens with one attached hydrogen (secondary N) is 1. The predicted molar refractivity (Wildman–Crippen MR) is 76.7 cm³/mol. The summed E-state index contributed by atoms with van der Waals surface area (Å²) in [6.45, 7) is 4.18. The summed E-state index contributed by atoms with van der Waals surface area (Å²) < 4.78 is 15.6. The van der Waals surface area contributed by atoms with E-state index in [2.05, 4.69) is 14.7 Å². The molecule has 1 heterocycles. The number of hydrogen-bond acceptors (Lipinski definition) is 6. The van der Waals surface area contributed by atoms with Crippen molar-refractivity contribution < 1.29 is 9.47 Å². The molecule has 0 aromatic carbocycles. The number of hydrogen-bond donors (Lipinski definition) is 1. The monoisotopic (exact) mass is 285 g/mol. The summed E-state index contributed by atoms with van der Waals surface area (Å²) in [5, 5.41) is 4.09. The van der Waals surface area contributed by atoms with Crippen LogP contribution in [0.5, 0.6) is 0 Å². The number of anilines is 1. The van der Waals surface area contributed by atoms with Crippen LogP contribution in [0.1, 0.15) is 44.9 Å². The van der Waals surface area contributed by atoms with Gasteiger partial charge < -0.3 is 14.8 Å². The second-order valence-electron chi connectivity index (χ2n) is 4.83. The fourth-order valence-electron chi connectivity index (χ4n) is 2.57. The van der Waals surface area contributed by atoms with Crippen LogP contribution in [0, 0.1) is 0 Å². The van der Waals surface area contributed by atoms with Crippen molar-refractivity contribution in [1.82, 2.24) is 9.36 Å². The van der Waals surface area contributed by atoms with Gasteiger partial charge in [-0.3, -0.25) is 0 Å². The minimum absolute atomic E-state index is 0.245. The Morgan fingerprint density at radius 1 is 1.32 bits per heavy atom. The fourth-order valence-corrected chi connectivity index (χ4v) is 3.25. The second kappa shape index (κ2) is 7.17. The maximum Gasteiger partial charge on any atom is 0.202 e. The van der Waals surface area contributed by atoms with Crippen LogP contribution < -0.4 is 5.32 Å². The molecule has 1 aliphatic carbocycles. The zero-order valence-corrected chi connectivity index (χ0v) is 12.6. The Kier molecular flexibility index (Phi) is 5.54. The third-order valence-electron chi connectivity index (χ3n) is 3.50. The van der Waals surface area contributed by atoms with Crippen LogP contribution in [0.3, 0.4) is 0 Å². The molecule has 0 amide bonds. The third kappa shape index (κ3) is 3.64. The van der Waals surface area contributed by atoms with E-state index in [4.69, 9.17) is 9.47 Å². The summed E-state index contributed by atoms with van der Waals surface area (Å²) in [7, 11) is 1.69. The molecule has 0 radical (unpaired) electrons. The number of ether oxygens (including phenoxy) is 2. The molecular weight excluding hydrogens is 262 g/mol. The average Bonchev–Trinajstić information content (AvgIpc) is 2.90. The van der Waals surface area contributed by atoms with Crippen LogP contribution >= 0.6 is 11.5 Å². The topological polar surface area (TPSA) is 56.3 Å². The van der Waals surface area contributed by atoms with Crippen molar-refractivity contribution in [2.75, 3.05) is 32.2 Å². The van der Waals surface area contributed by atoms with E-state index < -0.39 is 0 Å². The van der Waals surface area contributed by atoms with Crippen molar-refractivity contribution in [3.8, 4) is 0 Å². The summed E-state index contributed by atoms with van der Waals surface area (Å²) in [5.74, 6) is 0.860. The first-order valence-corrected chi connectivity index (χ1v) is 7.79. The molecule has 5 nitrogen and oxygen atoms in total. The number of aromatic nitrogens is 2. The van der Waals surface area contributed by atoms with Gasteiger partial charge in [0.05, 0.1) is 6.61 Å². The Balaban J connectivity index is 2.04. The minimum atomic E-state index is -0.245. The van der Waals surface area contributed by atoms with Gasteiger partial charge in [0.15, 0.2) is 5.82 Å². The van der Waals surface area contributed by atoms with Crippen molar-refractivity contribution in [3.05, 3.63) is 5.82 Å². The minimum Gasteiger partial charge on any atom is -0.383 e. The first-order chi connectivity index (χ1) is 9.30. The zero-order chi connectivity index (χ0) is 13.6. The first-order valence-electron chi connectivity index (χ1n) is 7.02. The molecule has 2 rings (SSSR count). The smallest absolute Gasteiger partial charge is 0.202 e. The van der Waals surface area contributed by atoms with E-state index in [1.54, 1.807) is 7.11 Å². The van der Waals surface area contributed by atoms with Crippen LogP contribution in [-0.4, -0.2) is 36.2 Å². The molecule has 0 aliphatic heterocycles. The molecular formula is C13H23N3O2S. The number of methoxy groups -OCH3 is 1. The van der Waals surface area contributed by atoms with Crippen molar-refractivity contribution in [2.45, 2.75) is 44.6 Å². The highest BCUT2D eigenvalue weighted by atomic mass is 32.1. The summed E-state index contributed by atoms with van der Waals surface area (Å²) in [4.78, 5) is 4.61. The van der Waals surface area contributed by atoms with Gasteiger partial charge in [0.2, 0.25) is 5.13 Å². The molecule has 1 aromatic heterocycles. The summed E-state index contributed by atoms with van der Waals surface area (Å²) in [6, 6.07) is 0. The molecule has 0 spiro atoms. The molecule has 0 atom stereocenters. The van der Waals surface area contributed by atoms with E-state index in [-0.39, 0.29) is 5.60 Å². The number of rotatable bonds is 7. The Morgan fingerprint density at radius 2 is 2.11 bits per heavy atom. The van der Waals surface area contributed by atoms with Gasteiger partial charge in [-0.2, -0.15) is 4.37 Å². The van der Waals surface area contributed by atoms with Crippen LogP contribution in [0.4, 0.5) is 5.13 Å². The molecule has 6 heteroatoms. The molecule has 1 saturated carbocycles. The molecule has 1 aliphatic rings. The number of nitrogens with zero attached hydrogens (tertiary/aromatic N) is 2. The van der Waals surface area contributed by atoms with Gasteiger partial charge in [-0.25, -0.2) is 4.98 Å². The SMILES string of the molecule is CCOC1(c2nsc(NCCOC)n2)CCCCC1. The van der Waals surface area contributed by atoms with Crippen molar-refractivity contribution in [3.63, 3.8) is 0 Å². The molecule has 108 valence electrons. The predicted octanol–water partition coefficient (Wildman–Crippen LogP) is 2.79. The van der Waals surface area contributed by atoms with Gasteiger partial charge >= 0.3 is 0 Å². The molecule has 0 saturated heterocycles. The van der Waals surface area contributed by atoms with Crippen LogP contribution in [0.25, 0.3) is 0 Å². The van der Waals surface area contributed by atoms with E-state index in [1.165, 1.54) is 30.8 Å². The highest BCUT2D eigenvalue weighted by Crippen LogP contribution is 2.39. The van der Waals surface area contributed by atoms with Gasteiger partial charge in [0, 0.05) is 31.8 Å². The van der Waals surface area contributed by atoms with Gasteiger partial charge in [0.25, 0.3) is 0 Å². The van der Waals surface area contributed by atoms with E-state index >= 15 is 0 Å². The molecule has 19 heavy (non-hydrogen) atoms. The summed E-state index contributed by atoms with van der Waals surface area (Å²) in [5.41, 5.74) is -0.245. The lowest BCUT2D eigenvalue weighted by Crippen LogP contribution is -2.33. The zero-order valence-electron chi connectivity index (χ0n) is 11.8. The Labute approximate surface area is 118 Å². The standard InChI is InChI=1S/C13H23N3O2S/c1-3-18-13(7-5-4-6-8-13)11-15-12(19-16-11)14-9-10-17-2/h3-10H2,1-2H3,(H,14,15,16). The largest absolute Gasteiger partial charge is 0.383 e. The Hall–Kier alpha value is -0.720. The summed E-state index contributed by atoms with van der Waals surface area (Å²) in [6.07, 6.45) is 5.76. The van der Waals surface area contributed by atoms with E-state index in [0.29, 0.717) is 13.2 Å². The van der Waals surface area contributed by atoms with E-state index in [0.717, 1.165) is 30.3 Å². The lowest BCUT2D eigenvalue weighted by Gasteiger charge is -2.34. The van der Waals surface area contributed by atoms with Crippen LogP contribution in [-0.2, 0) is 15.1 Å². The Bertz CT molecular complexity index is 372. The van der Waals surface area contributed by atoms with Crippen molar-refractivity contribution >= 4 is 16.7 Å². The van der Waals surface area contributed by atoms with Gasteiger partial charge in [-0.1, -0.05) is 19.3 Å². The fraction of sp³-hybridized carbons (Fsp3) is 0.846. The third-order valence-corrected chi connectivity index (χ3v) is 4.17.